The molecule has 1 heterocycles. The summed E-state index contributed by atoms with van der Waals surface area (Å²) < 4.78 is 32.0. The van der Waals surface area contributed by atoms with Gasteiger partial charge in [-0.2, -0.15) is 0 Å². The summed E-state index contributed by atoms with van der Waals surface area (Å²) in [5.41, 5.74) is 0.708. The Hall–Kier alpha value is -2.19. The topological polar surface area (TPSA) is 101 Å². The van der Waals surface area contributed by atoms with Gasteiger partial charge in [0.1, 0.15) is 17.0 Å². The molecule has 0 amide bonds. The molecule has 0 radical (unpaired) electrons. The van der Waals surface area contributed by atoms with E-state index in [4.69, 9.17) is 9.84 Å². The van der Waals surface area contributed by atoms with Crippen molar-refractivity contribution in [2.45, 2.75) is 11.5 Å². The van der Waals surface area contributed by atoms with E-state index in [1.807, 2.05) is 0 Å². The lowest BCUT2D eigenvalue weighted by molar-refractivity contribution is 0.281. The molecule has 106 valence electrons. The third kappa shape index (κ3) is 3.03. The molecule has 0 aliphatic carbocycles. The van der Waals surface area contributed by atoms with Gasteiger partial charge in [-0.3, -0.25) is 4.72 Å². The molecule has 0 aliphatic heterocycles. The van der Waals surface area contributed by atoms with E-state index < -0.39 is 10.0 Å². The summed E-state index contributed by atoms with van der Waals surface area (Å²) in [6.45, 7) is -0.263. The zero-order valence-electron chi connectivity index (χ0n) is 10.6. The smallest absolute Gasteiger partial charge is 0.265 e. The summed E-state index contributed by atoms with van der Waals surface area (Å²) in [5.74, 6) is 0.187. The van der Waals surface area contributed by atoms with Gasteiger partial charge < -0.3 is 9.84 Å². The van der Waals surface area contributed by atoms with Crippen LogP contribution in [0.5, 0.6) is 5.75 Å². The van der Waals surface area contributed by atoms with Gasteiger partial charge in [0.15, 0.2) is 0 Å². The number of anilines is 1. The molecule has 8 heteroatoms. The minimum Gasteiger partial charge on any atom is -0.495 e. The minimum atomic E-state index is -3.85. The minimum absolute atomic E-state index is 0.0598. The van der Waals surface area contributed by atoms with Crippen molar-refractivity contribution in [1.82, 2.24) is 9.97 Å². The molecular weight excluding hydrogens is 282 g/mol. The molecule has 0 aliphatic rings. The SMILES string of the molecule is COc1ccc(CO)cc1S(=O)(=O)Nc1cncnc1. The molecule has 1 aromatic carbocycles. The molecule has 7 nitrogen and oxygen atoms in total. The van der Waals surface area contributed by atoms with E-state index >= 15 is 0 Å². The van der Waals surface area contributed by atoms with Crippen molar-refractivity contribution in [3.8, 4) is 5.75 Å². The van der Waals surface area contributed by atoms with E-state index in [9.17, 15) is 8.42 Å². The van der Waals surface area contributed by atoms with Gasteiger partial charge >= 0.3 is 0 Å². The van der Waals surface area contributed by atoms with E-state index in [1.54, 1.807) is 6.07 Å². The highest BCUT2D eigenvalue weighted by atomic mass is 32.2. The molecule has 0 atom stereocenters. The fourth-order valence-corrected chi connectivity index (χ4v) is 2.84. The van der Waals surface area contributed by atoms with Crippen LogP contribution in [0.1, 0.15) is 5.56 Å². The fraction of sp³-hybridized carbons (Fsp3) is 0.167. The highest BCUT2D eigenvalue weighted by molar-refractivity contribution is 7.92. The average Bonchev–Trinajstić information content (AvgIpc) is 2.47. The van der Waals surface area contributed by atoms with Gasteiger partial charge in [0.05, 0.1) is 31.8 Å². The van der Waals surface area contributed by atoms with E-state index in [-0.39, 0.29) is 22.9 Å². The number of sulfonamides is 1. The standard InChI is InChI=1S/C12H13N3O4S/c1-19-11-3-2-9(7-16)4-12(11)20(17,18)15-10-5-13-8-14-6-10/h2-6,8,15-16H,7H2,1H3. The summed E-state index contributed by atoms with van der Waals surface area (Å²) in [6, 6.07) is 4.43. The molecule has 2 rings (SSSR count). The molecule has 0 unspecified atom stereocenters. The number of aliphatic hydroxyl groups is 1. The monoisotopic (exact) mass is 295 g/mol. The molecule has 0 bridgehead atoms. The predicted molar refractivity (Wildman–Crippen MR) is 71.8 cm³/mol. The maximum Gasteiger partial charge on any atom is 0.265 e. The van der Waals surface area contributed by atoms with E-state index in [2.05, 4.69) is 14.7 Å². The van der Waals surface area contributed by atoms with Crippen LogP contribution in [0.25, 0.3) is 0 Å². The van der Waals surface area contributed by atoms with Crippen molar-refractivity contribution >= 4 is 15.7 Å². The lowest BCUT2D eigenvalue weighted by atomic mass is 10.2. The van der Waals surface area contributed by atoms with Crippen molar-refractivity contribution in [2.75, 3.05) is 11.8 Å². The first-order valence-corrected chi connectivity index (χ1v) is 7.11. The molecule has 0 spiro atoms. The van der Waals surface area contributed by atoms with Crippen molar-refractivity contribution in [2.24, 2.45) is 0 Å². The average molecular weight is 295 g/mol. The van der Waals surface area contributed by atoms with E-state index in [0.717, 1.165) is 0 Å². The maximum atomic E-state index is 12.3. The van der Waals surface area contributed by atoms with E-state index in [1.165, 1.54) is 38.0 Å². The highest BCUT2D eigenvalue weighted by Gasteiger charge is 2.20. The van der Waals surface area contributed by atoms with Gasteiger partial charge in [0.2, 0.25) is 0 Å². The van der Waals surface area contributed by atoms with Gasteiger partial charge in [-0.05, 0) is 17.7 Å². The van der Waals surface area contributed by atoms with Crippen LogP contribution in [0.2, 0.25) is 0 Å². The van der Waals surface area contributed by atoms with Crippen LogP contribution in [0, 0.1) is 0 Å². The lowest BCUT2D eigenvalue weighted by Crippen LogP contribution is -2.14. The van der Waals surface area contributed by atoms with Crippen LogP contribution in [0.3, 0.4) is 0 Å². The van der Waals surface area contributed by atoms with Crippen molar-refractivity contribution in [1.29, 1.82) is 0 Å². The second kappa shape index (κ2) is 5.85. The lowest BCUT2D eigenvalue weighted by Gasteiger charge is -2.12. The van der Waals surface area contributed by atoms with Crippen LogP contribution < -0.4 is 9.46 Å². The Bertz CT molecular complexity index is 689. The van der Waals surface area contributed by atoms with Crippen molar-refractivity contribution in [3.05, 3.63) is 42.5 Å². The number of hydrogen-bond acceptors (Lipinski definition) is 6. The number of benzene rings is 1. The van der Waals surface area contributed by atoms with Gasteiger partial charge in [-0.1, -0.05) is 6.07 Å². The molecule has 1 aromatic heterocycles. The number of methoxy groups -OCH3 is 1. The third-order valence-electron chi connectivity index (χ3n) is 2.51. The van der Waals surface area contributed by atoms with Gasteiger partial charge in [0, 0.05) is 0 Å². The number of hydrogen-bond donors (Lipinski definition) is 2. The summed E-state index contributed by atoms with van der Waals surface area (Å²) >= 11 is 0. The second-order valence-corrected chi connectivity index (χ2v) is 5.53. The zero-order valence-corrected chi connectivity index (χ0v) is 11.5. The molecule has 0 saturated carbocycles. The Morgan fingerprint density at radius 1 is 1.30 bits per heavy atom. The number of nitrogens with zero attached hydrogens (tertiary/aromatic N) is 2. The van der Waals surface area contributed by atoms with Gasteiger partial charge in [0.25, 0.3) is 10.0 Å². The molecule has 0 saturated heterocycles. The summed E-state index contributed by atoms with van der Waals surface area (Å²) in [6.07, 6.45) is 3.98. The van der Waals surface area contributed by atoms with Gasteiger partial charge in [-0.15, -0.1) is 0 Å². The number of nitrogens with one attached hydrogen (secondary N) is 1. The van der Waals surface area contributed by atoms with Gasteiger partial charge in [-0.25, -0.2) is 18.4 Å². The van der Waals surface area contributed by atoms with Crippen LogP contribution in [0.4, 0.5) is 5.69 Å². The van der Waals surface area contributed by atoms with Crippen LogP contribution in [-0.2, 0) is 16.6 Å². The molecule has 0 fully saturated rings. The number of ether oxygens (including phenoxy) is 1. The molecular formula is C12H13N3O4S. The van der Waals surface area contributed by atoms with Crippen molar-refractivity contribution in [3.63, 3.8) is 0 Å². The van der Waals surface area contributed by atoms with Crippen LogP contribution in [-0.4, -0.2) is 30.6 Å². The number of aliphatic hydroxyl groups excluding tert-OH is 1. The first kappa shape index (κ1) is 14.2. The third-order valence-corrected chi connectivity index (χ3v) is 3.92. The van der Waals surface area contributed by atoms with E-state index in [0.29, 0.717) is 5.56 Å². The molecule has 2 N–H and O–H groups in total. The highest BCUT2D eigenvalue weighted by Crippen LogP contribution is 2.26. The fourth-order valence-electron chi connectivity index (χ4n) is 1.59. The van der Waals surface area contributed by atoms with Crippen LogP contribution >= 0.6 is 0 Å². The maximum absolute atomic E-state index is 12.3. The normalized spacial score (nSPS) is 11.1. The number of rotatable bonds is 5. The Labute approximate surface area is 116 Å². The first-order chi connectivity index (χ1) is 9.56. The Balaban J connectivity index is 2.43. The molecule has 20 heavy (non-hydrogen) atoms. The number of aromatic nitrogens is 2. The largest absolute Gasteiger partial charge is 0.495 e. The Morgan fingerprint density at radius 2 is 2.00 bits per heavy atom. The Morgan fingerprint density at radius 3 is 2.60 bits per heavy atom. The first-order valence-electron chi connectivity index (χ1n) is 5.62. The zero-order chi connectivity index (χ0) is 14.6. The summed E-state index contributed by atoms with van der Waals surface area (Å²) in [5, 5.41) is 9.11. The Kier molecular flexibility index (Phi) is 4.16. The summed E-state index contributed by atoms with van der Waals surface area (Å²) in [4.78, 5) is 7.40. The second-order valence-electron chi connectivity index (χ2n) is 3.88. The predicted octanol–water partition coefficient (Wildman–Crippen LogP) is 0.778. The van der Waals surface area contributed by atoms with Crippen molar-refractivity contribution < 1.29 is 18.3 Å². The summed E-state index contributed by atoms with van der Waals surface area (Å²) in [7, 11) is -2.48. The van der Waals surface area contributed by atoms with Crippen LogP contribution in [0.15, 0.2) is 41.8 Å². The molecule has 2 aromatic rings. The quantitative estimate of drug-likeness (QED) is 0.845.